The number of hydrogen-bond acceptors (Lipinski definition) is 4. The molecule has 1 atom stereocenters. The fraction of sp³-hybridized carbons (Fsp3) is 0.133. The summed E-state index contributed by atoms with van der Waals surface area (Å²) >= 11 is 6.12. The van der Waals surface area contributed by atoms with Crippen LogP contribution in [0.4, 0.5) is 11.4 Å². The van der Waals surface area contributed by atoms with E-state index in [2.05, 4.69) is 15.3 Å². The third kappa shape index (κ3) is 4.11. The molecule has 0 saturated carbocycles. The Hall–Kier alpha value is -2.24. The lowest BCUT2D eigenvalue weighted by Crippen LogP contribution is -2.16. The molecule has 3 N–H and O–H groups in total. The van der Waals surface area contributed by atoms with E-state index in [1.165, 1.54) is 0 Å². The van der Waals surface area contributed by atoms with E-state index in [0.717, 1.165) is 0 Å². The van der Waals surface area contributed by atoms with E-state index in [0.29, 0.717) is 22.0 Å². The van der Waals surface area contributed by atoms with Gasteiger partial charge >= 0.3 is 0 Å². The zero-order valence-corrected chi connectivity index (χ0v) is 12.2. The van der Waals surface area contributed by atoms with Crippen LogP contribution in [0.1, 0.15) is 17.3 Å². The summed E-state index contributed by atoms with van der Waals surface area (Å²) in [7, 11) is 0. The van der Waals surface area contributed by atoms with Gasteiger partial charge in [-0.1, -0.05) is 17.7 Å². The Labute approximate surface area is 127 Å². The summed E-state index contributed by atoms with van der Waals surface area (Å²) < 4.78 is 0. The second kappa shape index (κ2) is 6.97. The molecular formula is C15H15ClN4O. The molecule has 1 aromatic carbocycles. The number of nitrogens with two attached hydrogens (primary N) is 1. The number of aliphatic imine (C=N–C) groups is 1. The number of rotatable bonds is 4. The van der Waals surface area contributed by atoms with Gasteiger partial charge in [-0.05, 0) is 31.2 Å². The van der Waals surface area contributed by atoms with Crippen molar-refractivity contribution in [2.75, 3.05) is 5.32 Å². The van der Waals surface area contributed by atoms with Crippen molar-refractivity contribution in [3.05, 3.63) is 53.3 Å². The molecule has 1 amide bonds. The zero-order chi connectivity index (χ0) is 15.2. The van der Waals surface area contributed by atoms with Gasteiger partial charge in [0.1, 0.15) is 0 Å². The number of amides is 1. The number of carbonyl (C=O) groups is 1. The quantitative estimate of drug-likeness (QED) is 0.852. The van der Waals surface area contributed by atoms with Gasteiger partial charge in [-0.2, -0.15) is 0 Å². The third-order valence-corrected chi connectivity index (χ3v) is 2.90. The van der Waals surface area contributed by atoms with E-state index in [4.69, 9.17) is 17.3 Å². The van der Waals surface area contributed by atoms with Crippen LogP contribution in [0.25, 0.3) is 0 Å². The summed E-state index contributed by atoms with van der Waals surface area (Å²) in [4.78, 5) is 20.5. The summed E-state index contributed by atoms with van der Waals surface area (Å²) in [5, 5.41) is 3.07. The van der Waals surface area contributed by atoms with Crippen LogP contribution in [0.3, 0.4) is 0 Å². The Balaban J connectivity index is 2.31. The summed E-state index contributed by atoms with van der Waals surface area (Å²) in [5.41, 5.74) is 7.00. The number of nitrogens with one attached hydrogen (secondary N) is 1. The molecule has 0 aliphatic carbocycles. The lowest BCUT2D eigenvalue weighted by atomic mass is 10.1. The number of aromatic nitrogens is 1. The Kier molecular flexibility index (Phi) is 5.03. The maximum absolute atomic E-state index is 12.4. The van der Waals surface area contributed by atoms with Crippen LogP contribution in [0.15, 0.2) is 47.7 Å². The number of nitrogens with zero attached hydrogens (tertiary/aromatic N) is 2. The number of carbonyl (C=O) groups excluding carboxylic acids is 1. The van der Waals surface area contributed by atoms with E-state index < -0.39 is 0 Å². The highest BCUT2D eigenvalue weighted by atomic mass is 35.5. The largest absolute Gasteiger partial charge is 0.323 e. The van der Waals surface area contributed by atoms with Gasteiger partial charge < -0.3 is 11.1 Å². The van der Waals surface area contributed by atoms with Gasteiger partial charge in [-0.15, -0.1) is 0 Å². The molecule has 0 radical (unpaired) electrons. The molecule has 0 saturated heterocycles. The molecular weight excluding hydrogens is 288 g/mol. The van der Waals surface area contributed by atoms with E-state index in [-0.39, 0.29) is 11.9 Å². The fourth-order valence-electron chi connectivity index (χ4n) is 1.67. The van der Waals surface area contributed by atoms with Gasteiger partial charge in [-0.3, -0.25) is 14.8 Å². The van der Waals surface area contributed by atoms with Crippen molar-refractivity contribution >= 4 is 35.1 Å². The van der Waals surface area contributed by atoms with Gasteiger partial charge in [0.2, 0.25) is 0 Å². The minimum absolute atomic E-state index is 0.210. The third-order valence-electron chi connectivity index (χ3n) is 2.59. The predicted molar refractivity (Wildman–Crippen MR) is 85.4 cm³/mol. The molecule has 1 heterocycles. The van der Waals surface area contributed by atoms with Crippen LogP contribution in [0.2, 0.25) is 5.02 Å². The molecule has 21 heavy (non-hydrogen) atoms. The Morgan fingerprint density at radius 1 is 1.43 bits per heavy atom. The number of pyridine rings is 1. The number of benzene rings is 1. The van der Waals surface area contributed by atoms with E-state index in [9.17, 15) is 4.79 Å². The number of anilines is 1. The molecule has 0 aliphatic heterocycles. The van der Waals surface area contributed by atoms with Crippen molar-refractivity contribution in [1.82, 2.24) is 4.98 Å². The van der Waals surface area contributed by atoms with Gasteiger partial charge in [0.05, 0.1) is 28.2 Å². The van der Waals surface area contributed by atoms with Crippen molar-refractivity contribution in [2.24, 2.45) is 10.7 Å². The first kappa shape index (κ1) is 15.2. The van der Waals surface area contributed by atoms with Gasteiger partial charge in [0.25, 0.3) is 5.91 Å². The second-order valence-corrected chi connectivity index (χ2v) is 4.87. The second-order valence-electron chi connectivity index (χ2n) is 4.47. The van der Waals surface area contributed by atoms with Gasteiger partial charge in [-0.25, -0.2) is 0 Å². The minimum Gasteiger partial charge on any atom is -0.323 e. The lowest BCUT2D eigenvalue weighted by molar-refractivity contribution is 0.102. The Morgan fingerprint density at radius 2 is 2.24 bits per heavy atom. The van der Waals surface area contributed by atoms with Crippen molar-refractivity contribution in [3.63, 3.8) is 0 Å². The number of halogens is 1. The van der Waals surface area contributed by atoms with Crippen LogP contribution in [-0.4, -0.2) is 23.1 Å². The highest BCUT2D eigenvalue weighted by molar-refractivity contribution is 6.35. The maximum atomic E-state index is 12.4. The molecule has 0 unspecified atom stereocenters. The Morgan fingerprint density at radius 3 is 2.90 bits per heavy atom. The topological polar surface area (TPSA) is 80.4 Å². The first-order valence-electron chi connectivity index (χ1n) is 6.37. The maximum Gasteiger partial charge on any atom is 0.259 e. The number of hydrogen-bond donors (Lipinski definition) is 2. The molecule has 6 heteroatoms. The molecule has 5 nitrogen and oxygen atoms in total. The zero-order valence-electron chi connectivity index (χ0n) is 11.5. The van der Waals surface area contributed by atoms with Crippen molar-refractivity contribution in [2.45, 2.75) is 13.0 Å². The van der Waals surface area contributed by atoms with Crippen molar-refractivity contribution < 1.29 is 4.79 Å². The summed E-state index contributed by atoms with van der Waals surface area (Å²) in [6.45, 7) is 1.80. The monoisotopic (exact) mass is 302 g/mol. The SMILES string of the molecule is C[C@H](N)C=Nc1cccc(Cl)c1C(=O)Nc1cccnc1. The predicted octanol–water partition coefficient (Wildman–Crippen LogP) is 3.04. The molecule has 108 valence electrons. The fourth-order valence-corrected chi connectivity index (χ4v) is 1.93. The van der Waals surface area contributed by atoms with Crippen molar-refractivity contribution in [1.29, 1.82) is 0 Å². The van der Waals surface area contributed by atoms with Crippen LogP contribution < -0.4 is 11.1 Å². The van der Waals surface area contributed by atoms with Crippen LogP contribution in [0.5, 0.6) is 0 Å². The lowest BCUT2D eigenvalue weighted by Gasteiger charge is -2.09. The van der Waals surface area contributed by atoms with Crippen molar-refractivity contribution in [3.8, 4) is 0 Å². The summed E-state index contributed by atoms with van der Waals surface area (Å²) in [6, 6.07) is 8.35. The average molecular weight is 303 g/mol. The van der Waals surface area contributed by atoms with Gasteiger partial charge in [0.15, 0.2) is 0 Å². The van der Waals surface area contributed by atoms with Crippen LogP contribution in [-0.2, 0) is 0 Å². The minimum atomic E-state index is -0.342. The van der Waals surface area contributed by atoms with Crippen LogP contribution in [0, 0.1) is 0 Å². The first-order chi connectivity index (χ1) is 10.1. The van der Waals surface area contributed by atoms with E-state index >= 15 is 0 Å². The molecule has 0 spiro atoms. The van der Waals surface area contributed by atoms with Crippen LogP contribution >= 0.6 is 11.6 Å². The molecule has 2 aromatic rings. The van der Waals surface area contributed by atoms with E-state index in [1.54, 1.807) is 55.9 Å². The molecule has 1 aromatic heterocycles. The highest BCUT2D eigenvalue weighted by Crippen LogP contribution is 2.27. The summed E-state index contributed by atoms with van der Waals surface area (Å²) in [6.07, 6.45) is 4.75. The first-order valence-corrected chi connectivity index (χ1v) is 6.75. The normalized spacial score (nSPS) is 12.3. The molecule has 2 rings (SSSR count). The molecule has 0 bridgehead atoms. The molecule has 0 aliphatic rings. The standard InChI is InChI=1S/C15H15ClN4O/c1-10(17)8-19-13-6-2-5-12(16)14(13)15(21)20-11-4-3-7-18-9-11/h2-10H,17H2,1H3,(H,20,21)/t10-/m0/s1. The van der Waals surface area contributed by atoms with Gasteiger partial charge in [0, 0.05) is 18.5 Å². The Bertz CT molecular complexity index is 656. The highest BCUT2D eigenvalue weighted by Gasteiger charge is 2.15. The summed E-state index contributed by atoms with van der Waals surface area (Å²) in [5.74, 6) is -0.342. The smallest absolute Gasteiger partial charge is 0.259 e. The van der Waals surface area contributed by atoms with E-state index in [1.807, 2.05) is 0 Å². The average Bonchev–Trinajstić information content (AvgIpc) is 2.46. The molecule has 0 fully saturated rings.